The van der Waals surface area contributed by atoms with E-state index in [0.29, 0.717) is 30.7 Å². The summed E-state index contributed by atoms with van der Waals surface area (Å²) < 4.78 is 29.2. The van der Waals surface area contributed by atoms with Crippen molar-refractivity contribution in [3.8, 4) is 0 Å². The van der Waals surface area contributed by atoms with Crippen LogP contribution in [0.1, 0.15) is 37.1 Å². The van der Waals surface area contributed by atoms with Crippen LogP contribution in [0.25, 0.3) is 0 Å². The van der Waals surface area contributed by atoms with Crippen molar-refractivity contribution in [2.45, 2.75) is 50.5 Å². The molecule has 2 unspecified atom stereocenters. The second-order valence-electron chi connectivity index (χ2n) is 5.64. The number of hydrogen-bond acceptors (Lipinski definition) is 4. The van der Waals surface area contributed by atoms with Crippen LogP contribution < -0.4 is 4.72 Å². The van der Waals surface area contributed by atoms with E-state index in [9.17, 15) is 13.2 Å². The Balaban J connectivity index is 2.20. The molecule has 8 heteroatoms. The number of carbonyl (C=O) groups is 1. The Bertz CT molecular complexity index is 651. The van der Waals surface area contributed by atoms with Gasteiger partial charge in [0.15, 0.2) is 0 Å². The minimum atomic E-state index is -3.68. The van der Waals surface area contributed by atoms with Crippen molar-refractivity contribution in [2.24, 2.45) is 13.0 Å². The number of rotatable bonds is 4. The third-order valence-corrected chi connectivity index (χ3v) is 5.83. The molecule has 0 aromatic carbocycles. The second-order valence-corrected chi connectivity index (χ2v) is 7.29. The van der Waals surface area contributed by atoms with Crippen molar-refractivity contribution in [2.75, 3.05) is 0 Å². The van der Waals surface area contributed by atoms with E-state index in [1.165, 1.54) is 4.68 Å². The summed E-state index contributed by atoms with van der Waals surface area (Å²) in [5, 5.41) is 13.2. The van der Waals surface area contributed by atoms with Crippen molar-refractivity contribution < 1.29 is 18.3 Å². The molecule has 1 saturated carbocycles. The highest BCUT2D eigenvalue weighted by Crippen LogP contribution is 2.27. The SMILES string of the molecule is Cc1nn(C)c(C)c1S(=O)(=O)NC1CCCC(C(=O)O)C1. The predicted octanol–water partition coefficient (Wildman–Crippen LogP) is 0.959. The molecule has 1 aromatic heterocycles. The molecule has 0 radical (unpaired) electrons. The number of nitrogens with one attached hydrogen (secondary N) is 1. The summed E-state index contributed by atoms with van der Waals surface area (Å²) in [4.78, 5) is 11.3. The van der Waals surface area contributed by atoms with Crippen molar-refractivity contribution in [1.29, 1.82) is 0 Å². The van der Waals surface area contributed by atoms with Crippen molar-refractivity contribution in [3.05, 3.63) is 11.4 Å². The summed E-state index contributed by atoms with van der Waals surface area (Å²) in [5.74, 6) is -1.32. The Labute approximate surface area is 124 Å². The Hall–Kier alpha value is -1.41. The molecule has 2 atom stereocenters. The van der Waals surface area contributed by atoms with E-state index in [1.807, 2.05) is 0 Å². The first-order chi connectivity index (χ1) is 9.72. The van der Waals surface area contributed by atoms with Crippen LogP contribution in [0.15, 0.2) is 4.90 Å². The fourth-order valence-corrected chi connectivity index (χ4v) is 4.66. The van der Waals surface area contributed by atoms with Gasteiger partial charge in [-0.1, -0.05) is 6.42 Å². The van der Waals surface area contributed by atoms with Crippen LogP contribution >= 0.6 is 0 Å². The van der Waals surface area contributed by atoms with Crippen LogP contribution in [-0.4, -0.2) is 35.3 Å². The number of aromatic nitrogens is 2. The third kappa shape index (κ3) is 3.26. The van der Waals surface area contributed by atoms with Gasteiger partial charge in [-0.2, -0.15) is 5.10 Å². The number of aliphatic carboxylic acids is 1. The Morgan fingerprint density at radius 2 is 2.05 bits per heavy atom. The number of hydrogen-bond donors (Lipinski definition) is 2. The average molecular weight is 315 g/mol. The van der Waals surface area contributed by atoms with Crippen LogP contribution in [0.4, 0.5) is 0 Å². The second kappa shape index (κ2) is 5.76. The molecule has 2 rings (SSSR count). The number of carboxylic acid groups (broad SMARTS) is 1. The van der Waals surface area contributed by atoms with Crippen molar-refractivity contribution in [1.82, 2.24) is 14.5 Å². The minimum absolute atomic E-state index is 0.197. The molecule has 1 heterocycles. The van der Waals surface area contributed by atoms with E-state index < -0.39 is 21.9 Å². The van der Waals surface area contributed by atoms with Crippen LogP contribution in [0.2, 0.25) is 0 Å². The molecule has 0 bridgehead atoms. The highest BCUT2D eigenvalue weighted by Gasteiger charge is 2.32. The third-order valence-electron chi connectivity index (χ3n) is 4.06. The molecule has 7 nitrogen and oxygen atoms in total. The van der Waals surface area contributed by atoms with Gasteiger partial charge >= 0.3 is 5.97 Å². The maximum Gasteiger partial charge on any atom is 0.306 e. The van der Waals surface area contributed by atoms with Gasteiger partial charge in [-0.25, -0.2) is 13.1 Å². The van der Waals surface area contributed by atoms with Gasteiger partial charge in [-0.3, -0.25) is 9.48 Å². The van der Waals surface area contributed by atoms with Crippen LogP contribution in [0.3, 0.4) is 0 Å². The van der Waals surface area contributed by atoms with E-state index in [0.717, 1.165) is 6.42 Å². The zero-order valence-corrected chi connectivity index (χ0v) is 13.3. The highest BCUT2D eigenvalue weighted by atomic mass is 32.2. The lowest BCUT2D eigenvalue weighted by Gasteiger charge is -2.27. The summed E-state index contributed by atoms with van der Waals surface area (Å²) in [6.45, 7) is 3.36. The summed E-state index contributed by atoms with van der Waals surface area (Å²) >= 11 is 0. The topological polar surface area (TPSA) is 101 Å². The van der Waals surface area contributed by atoms with Crippen LogP contribution in [-0.2, 0) is 21.9 Å². The smallest absolute Gasteiger partial charge is 0.306 e. The standard InChI is InChI=1S/C13H21N3O4S/c1-8-12(9(2)16(3)14-8)21(19,20)15-11-6-4-5-10(7-11)13(17)18/h10-11,15H,4-7H2,1-3H3,(H,17,18). The van der Waals surface area contributed by atoms with E-state index in [1.54, 1.807) is 20.9 Å². The summed E-state index contributed by atoms with van der Waals surface area (Å²) in [7, 11) is -1.98. The predicted molar refractivity (Wildman–Crippen MR) is 76.4 cm³/mol. The van der Waals surface area contributed by atoms with Gasteiger partial charge in [0.2, 0.25) is 10.0 Å². The molecule has 0 amide bonds. The van der Waals surface area contributed by atoms with Gasteiger partial charge in [0, 0.05) is 13.1 Å². The lowest BCUT2D eigenvalue weighted by molar-refractivity contribution is -0.143. The minimum Gasteiger partial charge on any atom is -0.481 e. The number of nitrogens with zero attached hydrogens (tertiary/aromatic N) is 2. The normalized spacial score (nSPS) is 23.2. The van der Waals surface area contributed by atoms with Gasteiger partial charge < -0.3 is 5.11 Å². The zero-order chi connectivity index (χ0) is 15.8. The largest absolute Gasteiger partial charge is 0.481 e. The Kier molecular flexibility index (Phi) is 4.38. The van der Waals surface area contributed by atoms with E-state index in [2.05, 4.69) is 9.82 Å². The Morgan fingerprint density at radius 1 is 1.38 bits per heavy atom. The first kappa shape index (κ1) is 16.0. The number of aryl methyl sites for hydroxylation is 2. The zero-order valence-electron chi connectivity index (χ0n) is 12.5. The first-order valence-corrected chi connectivity index (χ1v) is 8.46. The quantitative estimate of drug-likeness (QED) is 0.861. The summed E-state index contributed by atoms with van der Waals surface area (Å²) in [6, 6.07) is -0.330. The van der Waals surface area contributed by atoms with Crippen molar-refractivity contribution in [3.63, 3.8) is 0 Å². The molecular weight excluding hydrogens is 294 g/mol. The van der Waals surface area contributed by atoms with Crippen LogP contribution in [0, 0.1) is 19.8 Å². The molecule has 0 aliphatic heterocycles. The molecular formula is C13H21N3O4S. The fraction of sp³-hybridized carbons (Fsp3) is 0.692. The van der Waals surface area contributed by atoms with Gasteiger partial charge in [-0.05, 0) is 33.1 Å². The fourth-order valence-electron chi connectivity index (χ4n) is 2.94. The molecule has 118 valence electrons. The highest BCUT2D eigenvalue weighted by molar-refractivity contribution is 7.89. The van der Waals surface area contributed by atoms with Crippen LogP contribution in [0.5, 0.6) is 0 Å². The van der Waals surface area contributed by atoms with Gasteiger partial charge in [0.25, 0.3) is 0 Å². The van der Waals surface area contributed by atoms with Gasteiger partial charge in [-0.15, -0.1) is 0 Å². The molecule has 0 saturated heterocycles. The molecule has 1 aliphatic carbocycles. The Morgan fingerprint density at radius 3 is 2.57 bits per heavy atom. The molecule has 1 fully saturated rings. The molecule has 1 aliphatic rings. The molecule has 1 aromatic rings. The molecule has 2 N–H and O–H groups in total. The van der Waals surface area contributed by atoms with Gasteiger partial charge in [0.05, 0.1) is 17.3 Å². The average Bonchev–Trinajstić information content (AvgIpc) is 2.63. The van der Waals surface area contributed by atoms with E-state index in [-0.39, 0.29) is 10.9 Å². The van der Waals surface area contributed by atoms with Gasteiger partial charge in [0.1, 0.15) is 4.90 Å². The lowest BCUT2D eigenvalue weighted by atomic mass is 9.86. The van der Waals surface area contributed by atoms with Crippen molar-refractivity contribution >= 4 is 16.0 Å². The molecule has 0 spiro atoms. The summed E-state index contributed by atoms with van der Waals surface area (Å²) in [5.41, 5.74) is 1.03. The van der Waals surface area contributed by atoms with E-state index >= 15 is 0 Å². The summed E-state index contributed by atoms with van der Waals surface area (Å²) in [6.07, 6.45) is 2.34. The maximum atomic E-state index is 12.5. The molecule has 21 heavy (non-hydrogen) atoms. The van der Waals surface area contributed by atoms with E-state index in [4.69, 9.17) is 5.11 Å². The number of carboxylic acids is 1. The maximum absolute atomic E-state index is 12.5. The lowest BCUT2D eigenvalue weighted by Crippen LogP contribution is -2.40. The first-order valence-electron chi connectivity index (χ1n) is 6.97. The number of sulfonamides is 1. The monoisotopic (exact) mass is 315 g/mol.